The van der Waals surface area contributed by atoms with Gasteiger partial charge in [0.25, 0.3) is 0 Å². The Hall–Kier alpha value is -0.170. The first-order valence-corrected chi connectivity index (χ1v) is 9.43. The van der Waals surface area contributed by atoms with Crippen LogP contribution >= 0.6 is 0 Å². The molecule has 5 nitrogen and oxygen atoms in total. The molecule has 20 heavy (non-hydrogen) atoms. The molecule has 1 atom stereocenters. The lowest BCUT2D eigenvalue weighted by Gasteiger charge is -2.34. The molecule has 2 heterocycles. The minimum atomic E-state index is -3.08. The molecule has 2 rings (SSSR count). The molecule has 2 fully saturated rings. The second kappa shape index (κ2) is 7.20. The van der Waals surface area contributed by atoms with Crippen LogP contribution in [0.4, 0.5) is 0 Å². The highest BCUT2D eigenvalue weighted by molar-refractivity contribution is 7.89. The van der Waals surface area contributed by atoms with Gasteiger partial charge in [-0.05, 0) is 50.6 Å². The lowest BCUT2D eigenvalue weighted by atomic mass is 9.99. The highest BCUT2D eigenvalue weighted by Crippen LogP contribution is 2.23. The number of hydrogen-bond acceptors (Lipinski definition) is 4. The topological polar surface area (TPSA) is 60.9 Å². The fraction of sp³-hybridized carbons (Fsp3) is 1.00. The van der Waals surface area contributed by atoms with E-state index in [1.165, 1.54) is 0 Å². The SMILES string of the molecule is C[C@@H]1CCCN(S(=O)(=O)CC2CCN(CCO)CC2)C1. The van der Waals surface area contributed by atoms with E-state index in [2.05, 4.69) is 11.8 Å². The normalized spacial score (nSPS) is 27.8. The maximum absolute atomic E-state index is 12.5. The summed E-state index contributed by atoms with van der Waals surface area (Å²) in [6.45, 7) is 6.27. The zero-order chi connectivity index (χ0) is 14.6. The smallest absolute Gasteiger partial charge is 0.214 e. The lowest BCUT2D eigenvalue weighted by Crippen LogP contribution is -2.43. The highest BCUT2D eigenvalue weighted by atomic mass is 32.2. The summed E-state index contributed by atoms with van der Waals surface area (Å²) in [4.78, 5) is 2.21. The Morgan fingerprint density at radius 3 is 2.45 bits per heavy atom. The summed E-state index contributed by atoms with van der Waals surface area (Å²) in [5.74, 6) is 1.09. The Morgan fingerprint density at radius 1 is 1.15 bits per heavy atom. The summed E-state index contributed by atoms with van der Waals surface area (Å²) in [5, 5.41) is 8.92. The lowest BCUT2D eigenvalue weighted by molar-refractivity contribution is 0.152. The Labute approximate surface area is 123 Å². The van der Waals surface area contributed by atoms with Gasteiger partial charge in [-0.2, -0.15) is 0 Å². The molecule has 0 unspecified atom stereocenters. The molecule has 0 aliphatic carbocycles. The standard InChI is InChI=1S/C14H28N2O3S/c1-13-3-2-6-16(11-13)20(18,19)12-14-4-7-15(8-5-14)9-10-17/h13-14,17H,2-12H2,1H3/t13-/m1/s1. The minimum absolute atomic E-state index is 0.189. The van der Waals surface area contributed by atoms with E-state index in [4.69, 9.17) is 5.11 Å². The number of β-amino-alcohol motifs (C(OH)–C–C–N with tert-alkyl or cyclic N) is 1. The van der Waals surface area contributed by atoms with Gasteiger partial charge in [-0.15, -0.1) is 0 Å². The van der Waals surface area contributed by atoms with Crippen molar-refractivity contribution in [2.45, 2.75) is 32.6 Å². The van der Waals surface area contributed by atoms with Crippen molar-refractivity contribution in [2.24, 2.45) is 11.8 Å². The molecule has 0 bridgehead atoms. The zero-order valence-electron chi connectivity index (χ0n) is 12.5. The van der Waals surface area contributed by atoms with Crippen LogP contribution in [0.3, 0.4) is 0 Å². The van der Waals surface area contributed by atoms with E-state index >= 15 is 0 Å². The highest BCUT2D eigenvalue weighted by Gasteiger charge is 2.30. The van der Waals surface area contributed by atoms with Crippen molar-refractivity contribution in [1.82, 2.24) is 9.21 Å². The number of rotatable bonds is 5. The summed E-state index contributed by atoms with van der Waals surface area (Å²) in [7, 11) is -3.08. The summed E-state index contributed by atoms with van der Waals surface area (Å²) in [6, 6.07) is 0. The van der Waals surface area contributed by atoms with E-state index in [9.17, 15) is 8.42 Å². The van der Waals surface area contributed by atoms with Crippen LogP contribution in [0.2, 0.25) is 0 Å². The molecule has 2 aliphatic rings. The first kappa shape index (κ1) is 16.2. The van der Waals surface area contributed by atoms with Gasteiger partial charge < -0.3 is 10.0 Å². The quantitative estimate of drug-likeness (QED) is 0.814. The molecular weight excluding hydrogens is 276 g/mol. The van der Waals surface area contributed by atoms with Gasteiger partial charge in [0.15, 0.2) is 0 Å². The average molecular weight is 304 g/mol. The number of hydrogen-bond donors (Lipinski definition) is 1. The van der Waals surface area contributed by atoms with Crippen LogP contribution in [-0.4, -0.2) is 67.8 Å². The van der Waals surface area contributed by atoms with E-state index in [1.807, 2.05) is 0 Å². The molecule has 0 aromatic carbocycles. The monoisotopic (exact) mass is 304 g/mol. The fourth-order valence-electron chi connectivity index (χ4n) is 3.32. The molecule has 0 amide bonds. The molecule has 0 spiro atoms. The van der Waals surface area contributed by atoms with Gasteiger partial charge in [0, 0.05) is 19.6 Å². The van der Waals surface area contributed by atoms with E-state index in [1.54, 1.807) is 4.31 Å². The number of aliphatic hydroxyl groups excluding tert-OH is 1. The molecule has 1 N–H and O–H groups in total. The molecule has 118 valence electrons. The molecule has 2 saturated heterocycles. The minimum Gasteiger partial charge on any atom is -0.395 e. The summed E-state index contributed by atoms with van der Waals surface area (Å²) in [5.41, 5.74) is 0. The number of aliphatic hydroxyl groups is 1. The third-order valence-corrected chi connectivity index (χ3v) is 6.59. The number of nitrogens with zero attached hydrogens (tertiary/aromatic N) is 2. The maximum Gasteiger partial charge on any atom is 0.214 e. The van der Waals surface area contributed by atoms with Crippen molar-refractivity contribution in [3.05, 3.63) is 0 Å². The van der Waals surface area contributed by atoms with Crippen molar-refractivity contribution in [2.75, 3.05) is 45.1 Å². The number of likely N-dealkylation sites (tertiary alicyclic amines) is 1. The maximum atomic E-state index is 12.5. The van der Waals surface area contributed by atoms with Crippen LogP contribution in [0.15, 0.2) is 0 Å². The van der Waals surface area contributed by atoms with Crippen molar-refractivity contribution >= 4 is 10.0 Å². The van der Waals surface area contributed by atoms with Crippen LogP contribution in [-0.2, 0) is 10.0 Å². The third-order valence-electron chi connectivity index (χ3n) is 4.58. The van der Waals surface area contributed by atoms with E-state index in [-0.39, 0.29) is 12.5 Å². The van der Waals surface area contributed by atoms with Crippen LogP contribution in [0, 0.1) is 11.8 Å². The Kier molecular flexibility index (Phi) is 5.84. The predicted octanol–water partition coefficient (Wildman–Crippen LogP) is 0.752. The Morgan fingerprint density at radius 2 is 1.85 bits per heavy atom. The first-order chi connectivity index (χ1) is 9.51. The Bertz CT molecular complexity index is 391. The Balaban J connectivity index is 1.83. The van der Waals surface area contributed by atoms with Gasteiger partial charge in [0.05, 0.1) is 12.4 Å². The molecule has 0 aromatic rings. The summed E-state index contributed by atoms with van der Waals surface area (Å²) >= 11 is 0. The van der Waals surface area contributed by atoms with Gasteiger partial charge in [-0.25, -0.2) is 12.7 Å². The molecule has 2 aliphatic heterocycles. The van der Waals surface area contributed by atoms with E-state index in [0.29, 0.717) is 31.3 Å². The fourth-order valence-corrected chi connectivity index (χ4v) is 5.35. The van der Waals surface area contributed by atoms with Gasteiger partial charge in [-0.1, -0.05) is 6.92 Å². The molecular formula is C14H28N2O3S. The predicted molar refractivity (Wildman–Crippen MR) is 80.0 cm³/mol. The molecule has 0 aromatic heterocycles. The average Bonchev–Trinajstić information content (AvgIpc) is 2.41. The van der Waals surface area contributed by atoms with Gasteiger partial charge in [-0.3, -0.25) is 0 Å². The van der Waals surface area contributed by atoms with Crippen molar-refractivity contribution in [3.8, 4) is 0 Å². The largest absolute Gasteiger partial charge is 0.395 e. The number of sulfonamides is 1. The van der Waals surface area contributed by atoms with Crippen molar-refractivity contribution in [3.63, 3.8) is 0 Å². The molecule has 6 heteroatoms. The van der Waals surface area contributed by atoms with Gasteiger partial charge in [0.2, 0.25) is 10.0 Å². The summed E-state index contributed by atoms with van der Waals surface area (Å²) in [6.07, 6.45) is 4.01. The molecule has 0 radical (unpaired) electrons. The second-order valence-corrected chi connectivity index (χ2v) is 8.41. The zero-order valence-corrected chi connectivity index (χ0v) is 13.3. The first-order valence-electron chi connectivity index (χ1n) is 7.82. The van der Waals surface area contributed by atoms with Crippen molar-refractivity contribution in [1.29, 1.82) is 0 Å². The third kappa shape index (κ3) is 4.41. The second-order valence-electron chi connectivity index (χ2n) is 6.39. The van der Waals surface area contributed by atoms with Crippen molar-refractivity contribution < 1.29 is 13.5 Å². The van der Waals surface area contributed by atoms with Gasteiger partial charge >= 0.3 is 0 Å². The van der Waals surface area contributed by atoms with Crippen LogP contribution in [0.1, 0.15) is 32.6 Å². The van der Waals surface area contributed by atoms with E-state index < -0.39 is 10.0 Å². The van der Waals surface area contributed by atoms with Crippen LogP contribution in [0.5, 0.6) is 0 Å². The summed E-state index contributed by atoms with van der Waals surface area (Å²) < 4.78 is 26.7. The van der Waals surface area contributed by atoms with Gasteiger partial charge in [0.1, 0.15) is 0 Å². The van der Waals surface area contributed by atoms with Crippen LogP contribution < -0.4 is 0 Å². The molecule has 0 saturated carbocycles. The van der Waals surface area contributed by atoms with Crippen LogP contribution in [0.25, 0.3) is 0 Å². The van der Waals surface area contributed by atoms with E-state index in [0.717, 1.165) is 38.8 Å². The number of piperidine rings is 2.